The van der Waals surface area contributed by atoms with Crippen LogP contribution in [0.3, 0.4) is 0 Å². The zero-order valence-electron chi connectivity index (χ0n) is 19.2. The van der Waals surface area contributed by atoms with Gasteiger partial charge in [-0.25, -0.2) is 9.98 Å². The highest BCUT2D eigenvalue weighted by atomic mass is 16.5. The number of piperidine rings is 1. The van der Waals surface area contributed by atoms with Crippen molar-refractivity contribution in [2.75, 3.05) is 20.2 Å². The Hall–Kier alpha value is -3.15. The van der Waals surface area contributed by atoms with Crippen LogP contribution >= 0.6 is 0 Å². The summed E-state index contributed by atoms with van der Waals surface area (Å²) in [6.07, 6.45) is 3.83. The lowest BCUT2D eigenvalue weighted by atomic mass is 9.95. The van der Waals surface area contributed by atoms with E-state index in [1.165, 1.54) is 0 Å². The normalized spacial score (nSPS) is 16.3. The minimum absolute atomic E-state index is 0.0589. The number of imidazole rings is 1. The van der Waals surface area contributed by atoms with E-state index >= 15 is 0 Å². The zero-order chi connectivity index (χ0) is 22.5. The van der Waals surface area contributed by atoms with Crippen LogP contribution < -0.4 is 0 Å². The van der Waals surface area contributed by atoms with E-state index in [9.17, 15) is 4.79 Å². The van der Waals surface area contributed by atoms with Crippen molar-refractivity contribution in [2.45, 2.75) is 51.5 Å². The number of aliphatic imine (C=N–C) groups is 1. The Kier molecular flexibility index (Phi) is 6.88. The van der Waals surface area contributed by atoms with Crippen molar-refractivity contribution in [1.29, 1.82) is 0 Å². The number of para-hydroxylation sites is 2. The number of H-pyrrole nitrogens is 1. The molecule has 2 heterocycles. The number of nitrogens with zero attached hydrogens (tertiary/aromatic N) is 3. The second-order valence-corrected chi connectivity index (χ2v) is 8.48. The van der Waals surface area contributed by atoms with Gasteiger partial charge >= 0.3 is 0 Å². The summed E-state index contributed by atoms with van der Waals surface area (Å²) in [5, 5.41) is 0. The monoisotopic (exact) mass is 432 g/mol. The summed E-state index contributed by atoms with van der Waals surface area (Å²) in [5.74, 6) is 2.18. The molecule has 168 valence electrons. The first-order valence-corrected chi connectivity index (χ1v) is 11.5. The molecular weight excluding hydrogens is 400 g/mol. The molecule has 1 aliphatic rings. The summed E-state index contributed by atoms with van der Waals surface area (Å²) in [6, 6.07) is 16.1. The van der Waals surface area contributed by atoms with Crippen molar-refractivity contribution in [2.24, 2.45) is 4.99 Å². The lowest BCUT2D eigenvalue weighted by Crippen LogP contribution is -2.38. The number of aromatic amines is 1. The number of carbonyl (C=O) groups excluding carboxylic acids is 1. The molecule has 2 aromatic carbocycles. The SMILES string of the molecule is CCCC(N=C(C)OC)c1ccc(C(=O)N2CCC(c3nc4ccccc4[nH]3)CC2)cc1. The molecule has 4 rings (SSSR count). The fraction of sp³-hybridized carbons (Fsp3) is 0.423. The molecule has 0 saturated carbocycles. The molecule has 1 aromatic heterocycles. The molecule has 0 aliphatic carbocycles. The number of methoxy groups -OCH3 is 1. The van der Waals surface area contributed by atoms with Crippen LogP contribution in [-0.4, -0.2) is 46.9 Å². The van der Waals surface area contributed by atoms with E-state index in [4.69, 9.17) is 9.72 Å². The molecule has 1 fully saturated rings. The van der Waals surface area contributed by atoms with Gasteiger partial charge in [0.2, 0.25) is 0 Å². The number of likely N-dealkylation sites (tertiary alicyclic amines) is 1. The zero-order valence-corrected chi connectivity index (χ0v) is 19.2. The van der Waals surface area contributed by atoms with Crippen molar-refractivity contribution in [3.05, 3.63) is 65.5 Å². The Bertz CT molecular complexity index is 1050. The molecule has 1 saturated heterocycles. The molecule has 6 nitrogen and oxygen atoms in total. The average molecular weight is 433 g/mol. The maximum atomic E-state index is 13.1. The molecule has 32 heavy (non-hydrogen) atoms. The van der Waals surface area contributed by atoms with Gasteiger partial charge in [-0.1, -0.05) is 37.6 Å². The number of carbonyl (C=O) groups is 1. The molecule has 1 amide bonds. The first kappa shape index (κ1) is 22.1. The van der Waals surface area contributed by atoms with Crippen LogP contribution in [0.5, 0.6) is 0 Å². The third kappa shape index (κ3) is 4.85. The van der Waals surface area contributed by atoms with E-state index in [0.29, 0.717) is 11.8 Å². The predicted octanol–water partition coefficient (Wildman–Crippen LogP) is 5.49. The van der Waals surface area contributed by atoms with Crippen molar-refractivity contribution in [1.82, 2.24) is 14.9 Å². The minimum Gasteiger partial charge on any atom is -0.484 e. The number of fused-ring (bicyclic) bond motifs is 1. The second-order valence-electron chi connectivity index (χ2n) is 8.48. The van der Waals surface area contributed by atoms with Crippen LogP contribution in [0.2, 0.25) is 0 Å². The number of hydrogen-bond donors (Lipinski definition) is 1. The van der Waals surface area contributed by atoms with Crippen LogP contribution in [0, 0.1) is 0 Å². The smallest absolute Gasteiger partial charge is 0.253 e. The van der Waals surface area contributed by atoms with Crippen molar-refractivity contribution in [3.8, 4) is 0 Å². The largest absolute Gasteiger partial charge is 0.484 e. The second kappa shape index (κ2) is 9.98. The molecule has 6 heteroatoms. The standard InChI is InChI=1S/C26H32N4O2/c1-4-7-22(27-18(2)32-3)19-10-12-21(13-11-19)26(31)30-16-14-20(15-17-30)25-28-23-8-5-6-9-24(23)29-25/h5-6,8-13,20,22H,4,7,14-17H2,1-3H3,(H,28,29). The molecule has 0 radical (unpaired) electrons. The lowest BCUT2D eigenvalue weighted by molar-refractivity contribution is 0.0711. The molecular formula is C26H32N4O2. The highest BCUT2D eigenvalue weighted by molar-refractivity contribution is 5.94. The molecule has 1 aliphatic heterocycles. The van der Waals surface area contributed by atoms with Crippen LogP contribution in [0.1, 0.15) is 73.2 Å². The Balaban J connectivity index is 1.39. The van der Waals surface area contributed by atoms with Gasteiger partial charge in [0, 0.05) is 31.5 Å². The van der Waals surface area contributed by atoms with Crippen LogP contribution in [0.25, 0.3) is 11.0 Å². The van der Waals surface area contributed by atoms with Gasteiger partial charge in [-0.2, -0.15) is 0 Å². The van der Waals surface area contributed by atoms with E-state index in [0.717, 1.165) is 66.8 Å². The molecule has 3 aromatic rings. The van der Waals surface area contributed by atoms with Gasteiger partial charge in [0.1, 0.15) is 5.82 Å². The number of hydrogen-bond acceptors (Lipinski definition) is 4. The third-order valence-corrected chi connectivity index (χ3v) is 6.31. The predicted molar refractivity (Wildman–Crippen MR) is 128 cm³/mol. The van der Waals surface area contributed by atoms with Gasteiger partial charge in [-0.3, -0.25) is 4.79 Å². The molecule has 1 atom stereocenters. The number of ether oxygens (including phenoxy) is 1. The quantitative estimate of drug-likeness (QED) is 0.414. The summed E-state index contributed by atoms with van der Waals surface area (Å²) in [5.41, 5.74) is 3.93. The summed E-state index contributed by atoms with van der Waals surface area (Å²) in [6.45, 7) is 5.52. The number of aromatic nitrogens is 2. The van der Waals surface area contributed by atoms with Gasteiger partial charge in [0.15, 0.2) is 5.90 Å². The van der Waals surface area contributed by atoms with Gasteiger partial charge in [-0.15, -0.1) is 0 Å². The van der Waals surface area contributed by atoms with Gasteiger partial charge in [-0.05, 0) is 49.1 Å². The number of nitrogens with one attached hydrogen (secondary N) is 1. The van der Waals surface area contributed by atoms with E-state index in [1.54, 1.807) is 7.11 Å². The molecule has 0 spiro atoms. The third-order valence-electron chi connectivity index (χ3n) is 6.31. The van der Waals surface area contributed by atoms with Crippen LogP contribution in [0.4, 0.5) is 0 Å². The van der Waals surface area contributed by atoms with E-state index in [1.807, 2.05) is 54.3 Å². The lowest BCUT2D eigenvalue weighted by Gasteiger charge is -2.31. The first-order valence-electron chi connectivity index (χ1n) is 11.5. The summed E-state index contributed by atoms with van der Waals surface area (Å²) in [7, 11) is 1.64. The highest BCUT2D eigenvalue weighted by Crippen LogP contribution is 2.29. The van der Waals surface area contributed by atoms with E-state index in [2.05, 4.69) is 23.0 Å². The Morgan fingerprint density at radius 2 is 1.91 bits per heavy atom. The average Bonchev–Trinajstić information content (AvgIpc) is 3.28. The van der Waals surface area contributed by atoms with Crippen LogP contribution in [0.15, 0.2) is 53.5 Å². The number of amides is 1. The number of benzene rings is 2. The maximum absolute atomic E-state index is 13.1. The van der Waals surface area contributed by atoms with Gasteiger partial charge in [0.05, 0.1) is 24.2 Å². The summed E-state index contributed by atoms with van der Waals surface area (Å²) in [4.78, 5) is 27.9. The highest BCUT2D eigenvalue weighted by Gasteiger charge is 2.26. The first-order chi connectivity index (χ1) is 15.6. The van der Waals surface area contributed by atoms with Crippen molar-refractivity contribution in [3.63, 3.8) is 0 Å². The Morgan fingerprint density at radius 1 is 1.19 bits per heavy atom. The maximum Gasteiger partial charge on any atom is 0.253 e. The summed E-state index contributed by atoms with van der Waals surface area (Å²) >= 11 is 0. The van der Waals surface area contributed by atoms with Crippen molar-refractivity contribution >= 4 is 22.8 Å². The Labute approximate surface area is 189 Å². The molecule has 1 unspecified atom stereocenters. The minimum atomic E-state index is 0.0589. The van der Waals surface area contributed by atoms with Gasteiger partial charge in [0.25, 0.3) is 5.91 Å². The van der Waals surface area contributed by atoms with Crippen LogP contribution in [-0.2, 0) is 4.74 Å². The van der Waals surface area contributed by atoms with Gasteiger partial charge < -0.3 is 14.6 Å². The molecule has 1 N–H and O–H groups in total. The van der Waals surface area contributed by atoms with Crippen molar-refractivity contribution < 1.29 is 9.53 Å². The number of rotatable bonds is 6. The fourth-order valence-corrected chi connectivity index (χ4v) is 4.40. The topological polar surface area (TPSA) is 70.6 Å². The summed E-state index contributed by atoms with van der Waals surface area (Å²) < 4.78 is 5.23. The Morgan fingerprint density at radius 3 is 2.56 bits per heavy atom. The fourth-order valence-electron chi connectivity index (χ4n) is 4.40. The molecule has 0 bridgehead atoms. The van der Waals surface area contributed by atoms with E-state index in [-0.39, 0.29) is 11.9 Å². The van der Waals surface area contributed by atoms with E-state index < -0.39 is 0 Å².